The van der Waals surface area contributed by atoms with Crippen LogP contribution in [0.15, 0.2) is 36.4 Å². The summed E-state index contributed by atoms with van der Waals surface area (Å²) in [6.07, 6.45) is 3.16. The molecule has 126 valence electrons. The normalized spacial score (nSPS) is 14.4. The fourth-order valence-electron chi connectivity index (χ4n) is 3.25. The molecule has 2 N–H and O–H groups in total. The average Bonchev–Trinajstić information content (AvgIpc) is 3.02. The van der Waals surface area contributed by atoms with Gasteiger partial charge in [-0.3, -0.25) is 4.79 Å². The quantitative estimate of drug-likeness (QED) is 0.854. The number of carboxylic acid groups (broad SMARTS) is 1. The second-order valence-corrected chi connectivity index (χ2v) is 6.12. The van der Waals surface area contributed by atoms with Crippen LogP contribution in [-0.4, -0.2) is 17.1 Å². The Morgan fingerprint density at radius 3 is 2.75 bits per heavy atom. The first-order chi connectivity index (χ1) is 11.5. The van der Waals surface area contributed by atoms with Crippen LogP contribution in [0.1, 0.15) is 28.7 Å². The topological polar surface area (TPSA) is 49.3 Å². The van der Waals surface area contributed by atoms with Gasteiger partial charge in [0, 0.05) is 19.0 Å². The van der Waals surface area contributed by atoms with Crippen LogP contribution in [0.5, 0.6) is 0 Å². The Balaban J connectivity index is 1.71. The van der Waals surface area contributed by atoms with Crippen molar-refractivity contribution in [1.82, 2.24) is 5.32 Å². The number of aliphatic carboxylic acids is 1. The number of carbonyl (C=O) groups is 1. The van der Waals surface area contributed by atoms with Gasteiger partial charge < -0.3 is 10.4 Å². The number of fused-ring (bicyclic) bond motifs is 1. The molecule has 1 aliphatic rings. The summed E-state index contributed by atoms with van der Waals surface area (Å²) >= 11 is 0. The van der Waals surface area contributed by atoms with Gasteiger partial charge in [0.2, 0.25) is 0 Å². The van der Waals surface area contributed by atoms with E-state index < -0.39 is 23.6 Å². The van der Waals surface area contributed by atoms with Gasteiger partial charge in [-0.15, -0.1) is 0 Å². The molecule has 0 saturated carbocycles. The third kappa shape index (κ3) is 3.62. The molecule has 0 aromatic heterocycles. The number of carboxylic acids is 1. The highest BCUT2D eigenvalue weighted by atomic mass is 19.1. The number of benzene rings is 2. The summed E-state index contributed by atoms with van der Waals surface area (Å²) in [4.78, 5) is 11.5. The monoisotopic (exact) mass is 331 g/mol. The molecule has 0 heterocycles. The smallest absolute Gasteiger partial charge is 0.321 e. The molecule has 24 heavy (non-hydrogen) atoms. The van der Waals surface area contributed by atoms with Crippen molar-refractivity contribution in [1.29, 1.82) is 0 Å². The van der Waals surface area contributed by atoms with Crippen molar-refractivity contribution < 1.29 is 18.7 Å². The van der Waals surface area contributed by atoms with Crippen molar-refractivity contribution in [2.75, 3.05) is 0 Å². The predicted octanol–water partition coefficient (Wildman–Crippen LogP) is 3.24. The maximum Gasteiger partial charge on any atom is 0.321 e. The third-order valence-electron chi connectivity index (χ3n) is 4.52. The molecule has 0 spiro atoms. The molecule has 0 amide bonds. The Morgan fingerprint density at radius 2 is 2.00 bits per heavy atom. The number of hydrogen-bond donors (Lipinski definition) is 2. The van der Waals surface area contributed by atoms with E-state index in [0.29, 0.717) is 6.54 Å². The van der Waals surface area contributed by atoms with Crippen LogP contribution in [0.2, 0.25) is 0 Å². The maximum atomic E-state index is 13.8. The van der Waals surface area contributed by atoms with Crippen LogP contribution in [0.3, 0.4) is 0 Å². The van der Waals surface area contributed by atoms with Crippen molar-refractivity contribution in [3.8, 4) is 0 Å². The summed E-state index contributed by atoms with van der Waals surface area (Å²) < 4.78 is 26.7. The van der Waals surface area contributed by atoms with E-state index in [2.05, 4.69) is 11.4 Å². The Kier molecular flexibility index (Phi) is 4.90. The molecule has 2 aromatic carbocycles. The minimum absolute atomic E-state index is 0.0313. The van der Waals surface area contributed by atoms with Crippen molar-refractivity contribution in [2.45, 2.75) is 38.3 Å². The summed E-state index contributed by atoms with van der Waals surface area (Å²) in [6.45, 7) is 0.420. The summed E-state index contributed by atoms with van der Waals surface area (Å²) in [6, 6.07) is 8.36. The Morgan fingerprint density at radius 1 is 1.17 bits per heavy atom. The van der Waals surface area contributed by atoms with Crippen LogP contribution in [0, 0.1) is 11.6 Å². The first kappa shape index (κ1) is 16.6. The van der Waals surface area contributed by atoms with Gasteiger partial charge in [-0.05, 0) is 47.6 Å². The number of aryl methyl sites for hydroxylation is 1. The zero-order valence-corrected chi connectivity index (χ0v) is 13.2. The van der Waals surface area contributed by atoms with E-state index >= 15 is 0 Å². The van der Waals surface area contributed by atoms with Crippen LogP contribution >= 0.6 is 0 Å². The lowest BCUT2D eigenvalue weighted by Gasteiger charge is -2.16. The summed E-state index contributed by atoms with van der Waals surface area (Å²) in [5.41, 5.74) is 3.90. The van der Waals surface area contributed by atoms with Crippen molar-refractivity contribution in [3.63, 3.8) is 0 Å². The lowest BCUT2D eigenvalue weighted by atomic mass is 10.0. The van der Waals surface area contributed by atoms with Gasteiger partial charge in [-0.1, -0.05) is 24.3 Å². The zero-order chi connectivity index (χ0) is 17.1. The number of hydrogen-bond acceptors (Lipinski definition) is 2. The minimum atomic E-state index is -1.05. The van der Waals surface area contributed by atoms with E-state index in [1.807, 2.05) is 12.1 Å². The van der Waals surface area contributed by atoms with E-state index in [9.17, 15) is 18.7 Å². The highest BCUT2D eigenvalue weighted by Gasteiger charge is 2.21. The number of nitrogens with one attached hydrogen (secondary N) is 1. The molecule has 3 nitrogen and oxygen atoms in total. The molecule has 0 radical (unpaired) electrons. The molecule has 1 atom stereocenters. The highest BCUT2D eigenvalue weighted by molar-refractivity contribution is 5.74. The maximum absolute atomic E-state index is 13.8. The van der Waals surface area contributed by atoms with E-state index in [1.165, 1.54) is 17.2 Å². The Bertz CT molecular complexity index is 761. The number of halogens is 2. The van der Waals surface area contributed by atoms with Gasteiger partial charge in [-0.25, -0.2) is 8.78 Å². The van der Waals surface area contributed by atoms with E-state index in [1.54, 1.807) is 0 Å². The van der Waals surface area contributed by atoms with Crippen molar-refractivity contribution >= 4 is 5.97 Å². The largest absolute Gasteiger partial charge is 0.480 e. The van der Waals surface area contributed by atoms with Gasteiger partial charge in [-0.2, -0.15) is 0 Å². The second kappa shape index (κ2) is 7.09. The van der Waals surface area contributed by atoms with E-state index in [-0.39, 0.29) is 12.0 Å². The number of rotatable bonds is 6. The minimum Gasteiger partial charge on any atom is -0.480 e. The van der Waals surface area contributed by atoms with Crippen molar-refractivity contribution in [2.24, 2.45) is 0 Å². The second-order valence-electron chi connectivity index (χ2n) is 6.12. The molecular weight excluding hydrogens is 312 g/mol. The van der Waals surface area contributed by atoms with E-state index in [0.717, 1.165) is 37.0 Å². The molecule has 0 fully saturated rings. The van der Waals surface area contributed by atoms with Gasteiger partial charge in [0.15, 0.2) is 0 Å². The molecule has 5 heteroatoms. The zero-order valence-electron chi connectivity index (χ0n) is 13.2. The summed E-state index contributed by atoms with van der Waals surface area (Å²) in [7, 11) is 0. The van der Waals surface area contributed by atoms with Gasteiger partial charge in [0.1, 0.15) is 17.7 Å². The fourth-order valence-corrected chi connectivity index (χ4v) is 3.25. The summed E-state index contributed by atoms with van der Waals surface area (Å²) in [5.74, 6) is -2.44. The molecular formula is C19H19F2NO2. The summed E-state index contributed by atoms with van der Waals surface area (Å²) in [5, 5.41) is 12.4. The van der Waals surface area contributed by atoms with Crippen molar-refractivity contribution in [3.05, 3.63) is 70.3 Å². The van der Waals surface area contributed by atoms with Crippen LogP contribution < -0.4 is 5.32 Å². The van der Waals surface area contributed by atoms with Crippen LogP contribution in [0.25, 0.3) is 0 Å². The molecule has 0 saturated heterocycles. The van der Waals surface area contributed by atoms with Gasteiger partial charge >= 0.3 is 5.97 Å². The molecule has 1 aliphatic carbocycles. The lowest BCUT2D eigenvalue weighted by molar-refractivity contribution is -0.139. The Hall–Kier alpha value is -2.27. The first-order valence-corrected chi connectivity index (χ1v) is 8.04. The lowest BCUT2D eigenvalue weighted by Crippen LogP contribution is -2.38. The molecule has 0 bridgehead atoms. The molecule has 2 aromatic rings. The third-order valence-corrected chi connectivity index (χ3v) is 4.52. The average molecular weight is 331 g/mol. The molecule has 3 rings (SSSR count). The van der Waals surface area contributed by atoms with E-state index in [4.69, 9.17) is 0 Å². The Labute approximate surface area is 139 Å². The highest BCUT2D eigenvalue weighted by Crippen LogP contribution is 2.25. The van der Waals surface area contributed by atoms with Crippen LogP contribution in [0.4, 0.5) is 8.78 Å². The fraction of sp³-hybridized carbons (Fsp3) is 0.316. The standard InChI is InChI=1S/C19H19F2NO2/c20-15-8-7-13(17(21)10-15)9-18(19(23)24)22-11-14-5-1-3-12-4-2-6-16(12)14/h1,3,5,7-8,10,18,22H,2,4,6,9,11H2,(H,23,24)/t18-/m1/s1. The first-order valence-electron chi connectivity index (χ1n) is 8.04. The van der Waals surface area contributed by atoms with Gasteiger partial charge in [0.25, 0.3) is 0 Å². The molecule has 0 unspecified atom stereocenters. The SMILES string of the molecule is O=C(O)[C@@H](Cc1ccc(F)cc1F)NCc1cccc2c1CCC2. The van der Waals surface area contributed by atoms with Crippen LogP contribution in [-0.2, 0) is 30.6 Å². The predicted molar refractivity (Wildman–Crippen MR) is 86.8 cm³/mol. The molecule has 0 aliphatic heterocycles. The van der Waals surface area contributed by atoms with Gasteiger partial charge in [0.05, 0.1) is 0 Å².